The maximum Gasteiger partial charge on any atom is 0.433 e. The Kier molecular flexibility index (Phi) is 4.95. The lowest BCUT2D eigenvalue weighted by molar-refractivity contribution is -0.140. The summed E-state index contributed by atoms with van der Waals surface area (Å²) in [6.07, 6.45) is -2.61. The number of thioether (sulfide) groups is 1. The highest BCUT2D eigenvalue weighted by Gasteiger charge is 2.33. The average Bonchev–Trinajstić information content (AvgIpc) is 2.50. The Morgan fingerprint density at radius 1 is 1.27 bits per heavy atom. The van der Waals surface area contributed by atoms with Crippen LogP contribution in [0.2, 0.25) is 0 Å². The van der Waals surface area contributed by atoms with E-state index in [0.29, 0.717) is 17.7 Å². The third-order valence-electron chi connectivity index (χ3n) is 3.06. The molecule has 0 saturated carbocycles. The number of ether oxygens (including phenoxy) is 1. The molecule has 2 aromatic rings. The second kappa shape index (κ2) is 6.56. The number of methoxy groups -OCH3 is 1. The van der Waals surface area contributed by atoms with Crippen molar-refractivity contribution in [1.82, 2.24) is 4.98 Å². The molecular formula is C15H15F3N2OS. The van der Waals surface area contributed by atoms with Crippen LogP contribution in [0.25, 0.3) is 10.9 Å². The number of halogens is 3. The van der Waals surface area contributed by atoms with Crippen LogP contribution in [0.4, 0.5) is 13.2 Å². The number of alkyl halides is 3. The largest absolute Gasteiger partial charge is 0.494 e. The van der Waals surface area contributed by atoms with Gasteiger partial charge in [0, 0.05) is 17.5 Å². The molecule has 2 rings (SSSR count). The smallest absolute Gasteiger partial charge is 0.433 e. The molecule has 1 aromatic heterocycles. The minimum absolute atomic E-state index is 0.188. The van der Waals surface area contributed by atoms with Gasteiger partial charge in [0.05, 0.1) is 12.2 Å². The number of hydrogen-bond donors (Lipinski definition) is 0. The van der Waals surface area contributed by atoms with Crippen LogP contribution in [-0.4, -0.2) is 29.9 Å². The predicted octanol–water partition coefficient (Wildman–Crippen LogP) is 4.39. The Bertz CT molecular complexity index is 714. The van der Waals surface area contributed by atoms with Crippen LogP contribution in [0.3, 0.4) is 0 Å². The Labute approximate surface area is 130 Å². The van der Waals surface area contributed by atoms with Crippen LogP contribution < -0.4 is 4.74 Å². The zero-order valence-electron chi connectivity index (χ0n) is 12.4. The first-order valence-electron chi connectivity index (χ1n) is 6.56. The summed E-state index contributed by atoms with van der Waals surface area (Å²) in [5, 5.41) is 1.35. The topological polar surface area (TPSA) is 34.5 Å². The van der Waals surface area contributed by atoms with E-state index in [0.717, 1.165) is 16.7 Å². The number of pyridine rings is 1. The van der Waals surface area contributed by atoms with Gasteiger partial charge in [-0.05, 0) is 37.4 Å². The minimum atomic E-state index is -4.49. The van der Waals surface area contributed by atoms with Gasteiger partial charge in [-0.25, -0.2) is 4.98 Å². The summed E-state index contributed by atoms with van der Waals surface area (Å²) in [5.74, 6) is 0.307. The Balaban J connectivity index is 2.75. The first-order chi connectivity index (χ1) is 10.4. The van der Waals surface area contributed by atoms with Gasteiger partial charge < -0.3 is 4.74 Å². The summed E-state index contributed by atoms with van der Waals surface area (Å²) in [5.41, 5.74) is 0.00707. The molecule has 7 heteroatoms. The van der Waals surface area contributed by atoms with Gasteiger partial charge in [0.25, 0.3) is 0 Å². The summed E-state index contributed by atoms with van der Waals surface area (Å²) in [4.78, 5) is 8.12. The van der Waals surface area contributed by atoms with E-state index in [1.807, 2.05) is 13.2 Å². The molecule has 0 unspecified atom stereocenters. The first-order valence-corrected chi connectivity index (χ1v) is 7.78. The number of benzene rings is 1. The van der Waals surface area contributed by atoms with Crippen molar-refractivity contribution in [3.8, 4) is 5.75 Å². The lowest BCUT2D eigenvalue weighted by atomic mass is 10.1. The third-order valence-corrected chi connectivity index (χ3v) is 3.79. The van der Waals surface area contributed by atoms with Crippen LogP contribution in [0.5, 0.6) is 5.75 Å². The highest BCUT2D eigenvalue weighted by atomic mass is 32.2. The fraction of sp³-hybridized carbons (Fsp3) is 0.333. The molecule has 0 bridgehead atoms. The van der Waals surface area contributed by atoms with Crippen LogP contribution in [0.1, 0.15) is 18.2 Å². The van der Waals surface area contributed by atoms with E-state index < -0.39 is 11.9 Å². The number of nitrogens with zero attached hydrogens (tertiary/aromatic N) is 2. The molecule has 3 nitrogen and oxygen atoms in total. The van der Waals surface area contributed by atoms with Crippen molar-refractivity contribution in [2.45, 2.75) is 13.1 Å². The lowest BCUT2D eigenvalue weighted by Gasteiger charge is -2.13. The van der Waals surface area contributed by atoms with Crippen LogP contribution >= 0.6 is 11.8 Å². The quantitative estimate of drug-likeness (QED) is 0.619. The zero-order valence-corrected chi connectivity index (χ0v) is 13.2. The number of rotatable bonds is 3. The molecule has 0 radical (unpaired) electrons. The van der Waals surface area contributed by atoms with E-state index in [-0.39, 0.29) is 5.52 Å². The third kappa shape index (κ3) is 3.19. The molecule has 0 spiro atoms. The summed E-state index contributed by atoms with van der Waals surface area (Å²) in [6, 6.07) is 5.81. The van der Waals surface area contributed by atoms with Gasteiger partial charge in [0.2, 0.25) is 0 Å². The van der Waals surface area contributed by atoms with Gasteiger partial charge in [-0.1, -0.05) is 0 Å². The molecule has 0 N–H and O–H groups in total. The van der Waals surface area contributed by atoms with Crippen LogP contribution in [-0.2, 0) is 6.18 Å². The molecule has 0 fully saturated rings. The molecule has 1 aromatic carbocycles. The standard InChI is InChI=1S/C15H15F3N2OS/c1-4-19-14(22-3)10-5-7-11(21-2)13-9(10)6-8-12(20-13)15(16,17)18/h5-8H,4H2,1-3H3/b19-14-. The molecule has 0 aliphatic carbocycles. The molecule has 0 aliphatic heterocycles. The summed E-state index contributed by atoms with van der Waals surface area (Å²) in [7, 11) is 1.41. The Hall–Kier alpha value is -1.76. The molecule has 118 valence electrons. The van der Waals surface area contributed by atoms with Gasteiger partial charge in [0.1, 0.15) is 17.0 Å². The summed E-state index contributed by atoms with van der Waals surface area (Å²) < 4.78 is 43.7. The summed E-state index contributed by atoms with van der Waals surface area (Å²) >= 11 is 1.44. The molecule has 0 saturated heterocycles. The number of hydrogen-bond acceptors (Lipinski definition) is 4. The maximum atomic E-state index is 12.9. The van der Waals surface area contributed by atoms with Crippen molar-refractivity contribution in [2.75, 3.05) is 19.9 Å². The van der Waals surface area contributed by atoms with Crippen molar-refractivity contribution in [2.24, 2.45) is 4.99 Å². The maximum absolute atomic E-state index is 12.9. The van der Waals surface area contributed by atoms with Crippen molar-refractivity contribution < 1.29 is 17.9 Å². The normalized spacial score (nSPS) is 12.7. The van der Waals surface area contributed by atoms with E-state index in [1.165, 1.54) is 24.9 Å². The van der Waals surface area contributed by atoms with Gasteiger partial charge >= 0.3 is 6.18 Å². The van der Waals surface area contributed by atoms with Crippen molar-refractivity contribution >= 4 is 27.7 Å². The molecule has 1 heterocycles. The fourth-order valence-electron chi connectivity index (χ4n) is 2.10. The molecule has 0 amide bonds. The molecular weight excluding hydrogens is 313 g/mol. The minimum Gasteiger partial charge on any atom is -0.494 e. The zero-order chi connectivity index (χ0) is 16.3. The van der Waals surface area contributed by atoms with Crippen molar-refractivity contribution in [3.05, 3.63) is 35.5 Å². The van der Waals surface area contributed by atoms with E-state index in [1.54, 1.807) is 12.1 Å². The van der Waals surface area contributed by atoms with Gasteiger partial charge in [-0.15, -0.1) is 11.8 Å². The summed E-state index contributed by atoms with van der Waals surface area (Å²) in [6.45, 7) is 2.50. The van der Waals surface area contributed by atoms with Gasteiger partial charge in [0.15, 0.2) is 0 Å². The Morgan fingerprint density at radius 3 is 2.55 bits per heavy atom. The second-order valence-corrected chi connectivity index (χ2v) is 5.18. The van der Waals surface area contributed by atoms with E-state index in [9.17, 15) is 13.2 Å². The molecule has 0 atom stereocenters. The van der Waals surface area contributed by atoms with E-state index in [4.69, 9.17) is 4.74 Å². The Morgan fingerprint density at radius 2 is 2.00 bits per heavy atom. The monoisotopic (exact) mass is 328 g/mol. The first kappa shape index (κ1) is 16.6. The number of aromatic nitrogens is 1. The average molecular weight is 328 g/mol. The fourth-order valence-corrected chi connectivity index (χ4v) is 2.76. The highest BCUT2D eigenvalue weighted by molar-refractivity contribution is 8.13. The SMILES string of the molecule is CC/N=C(\SC)c1ccc(OC)c2nc(C(F)(F)F)ccc12. The second-order valence-electron chi connectivity index (χ2n) is 4.39. The van der Waals surface area contributed by atoms with Gasteiger partial charge in [-0.2, -0.15) is 13.2 Å². The lowest BCUT2D eigenvalue weighted by Crippen LogP contribution is -2.09. The van der Waals surface area contributed by atoms with E-state index >= 15 is 0 Å². The molecule has 0 aliphatic rings. The number of fused-ring (bicyclic) bond motifs is 1. The van der Waals surface area contributed by atoms with Gasteiger partial charge in [-0.3, -0.25) is 4.99 Å². The van der Waals surface area contributed by atoms with Crippen molar-refractivity contribution in [3.63, 3.8) is 0 Å². The van der Waals surface area contributed by atoms with Crippen molar-refractivity contribution in [1.29, 1.82) is 0 Å². The van der Waals surface area contributed by atoms with E-state index in [2.05, 4.69) is 9.98 Å². The molecule has 22 heavy (non-hydrogen) atoms. The number of aliphatic imine (C=N–C) groups is 1. The predicted molar refractivity (Wildman–Crippen MR) is 83.9 cm³/mol. The van der Waals surface area contributed by atoms with Crippen LogP contribution in [0.15, 0.2) is 29.3 Å². The van der Waals surface area contributed by atoms with Crippen LogP contribution in [0, 0.1) is 0 Å². The highest BCUT2D eigenvalue weighted by Crippen LogP contribution is 2.34.